The van der Waals surface area contributed by atoms with Gasteiger partial charge in [-0.05, 0) is 85.5 Å². The van der Waals surface area contributed by atoms with Crippen molar-refractivity contribution in [3.63, 3.8) is 0 Å². The molecule has 2 N–H and O–H groups in total. The van der Waals surface area contributed by atoms with Gasteiger partial charge >= 0.3 is 0 Å². The molecular formula is C22H18Br2N2O4. The molecule has 3 aromatic carbocycles. The quantitative estimate of drug-likeness (QED) is 0.305. The van der Waals surface area contributed by atoms with Crippen LogP contribution in [0.15, 0.2) is 74.7 Å². The number of benzene rings is 3. The summed E-state index contributed by atoms with van der Waals surface area (Å²) in [5.41, 5.74) is 4.58. The molecule has 0 spiro atoms. The van der Waals surface area contributed by atoms with E-state index in [1.54, 1.807) is 43.5 Å². The van der Waals surface area contributed by atoms with Gasteiger partial charge in [0.25, 0.3) is 5.91 Å². The summed E-state index contributed by atoms with van der Waals surface area (Å²) in [5.74, 6) is 0.915. The van der Waals surface area contributed by atoms with E-state index in [4.69, 9.17) is 9.47 Å². The molecule has 3 aromatic rings. The molecule has 0 bridgehead atoms. The minimum Gasteiger partial charge on any atom is -0.506 e. The topological polar surface area (TPSA) is 80.2 Å². The highest BCUT2D eigenvalue weighted by molar-refractivity contribution is 9.11. The predicted molar refractivity (Wildman–Crippen MR) is 122 cm³/mol. The number of amides is 1. The molecule has 8 heteroatoms. The third-order valence-electron chi connectivity index (χ3n) is 3.96. The lowest BCUT2D eigenvalue weighted by molar-refractivity contribution is 0.0955. The molecule has 0 unspecified atom stereocenters. The highest BCUT2D eigenvalue weighted by Gasteiger charge is 2.08. The van der Waals surface area contributed by atoms with Gasteiger partial charge in [-0.3, -0.25) is 4.79 Å². The molecule has 30 heavy (non-hydrogen) atoms. The Morgan fingerprint density at radius 3 is 2.43 bits per heavy atom. The molecule has 0 fully saturated rings. The van der Waals surface area contributed by atoms with Gasteiger partial charge in [-0.1, -0.05) is 18.2 Å². The normalized spacial score (nSPS) is 10.9. The van der Waals surface area contributed by atoms with Crippen LogP contribution in [0.1, 0.15) is 21.5 Å². The molecule has 154 valence electrons. The second-order valence-corrected chi connectivity index (χ2v) is 7.95. The van der Waals surface area contributed by atoms with Gasteiger partial charge in [0.15, 0.2) is 0 Å². The third-order valence-corrected chi connectivity index (χ3v) is 5.17. The van der Waals surface area contributed by atoms with Crippen molar-refractivity contribution >= 4 is 44.0 Å². The molecule has 0 aromatic heterocycles. The zero-order valence-corrected chi connectivity index (χ0v) is 19.1. The minimum atomic E-state index is -0.373. The lowest BCUT2D eigenvalue weighted by atomic mass is 10.2. The maximum absolute atomic E-state index is 12.4. The van der Waals surface area contributed by atoms with Crippen LogP contribution in [0.4, 0.5) is 0 Å². The number of halogens is 2. The van der Waals surface area contributed by atoms with E-state index in [9.17, 15) is 9.90 Å². The summed E-state index contributed by atoms with van der Waals surface area (Å²) in [6.45, 7) is 0.492. The zero-order chi connectivity index (χ0) is 21.5. The largest absolute Gasteiger partial charge is 0.506 e. The van der Waals surface area contributed by atoms with E-state index in [1.165, 1.54) is 6.21 Å². The smallest absolute Gasteiger partial charge is 0.271 e. The van der Waals surface area contributed by atoms with E-state index in [0.29, 0.717) is 38.2 Å². The number of phenols is 1. The summed E-state index contributed by atoms with van der Waals surface area (Å²) in [6.07, 6.45) is 1.48. The average molecular weight is 534 g/mol. The Labute approximate surface area is 190 Å². The molecule has 0 radical (unpaired) electrons. The van der Waals surface area contributed by atoms with Crippen molar-refractivity contribution in [3.8, 4) is 17.2 Å². The van der Waals surface area contributed by atoms with Crippen LogP contribution in [0, 0.1) is 0 Å². The molecular weight excluding hydrogens is 516 g/mol. The molecule has 0 aliphatic heterocycles. The number of methoxy groups -OCH3 is 1. The van der Waals surface area contributed by atoms with Crippen LogP contribution in [0.3, 0.4) is 0 Å². The number of phenolic OH excluding ortho intramolecular Hbond substituents is 1. The summed E-state index contributed by atoms with van der Waals surface area (Å²) >= 11 is 6.51. The monoisotopic (exact) mass is 532 g/mol. The van der Waals surface area contributed by atoms with Gasteiger partial charge in [0.05, 0.1) is 21.8 Å². The Hall–Kier alpha value is -2.68. The summed E-state index contributed by atoms with van der Waals surface area (Å²) < 4.78 is 12.0. The highest BCUT2D eigenvalue weighted by Crippen LogP contribution is 2.32. The highest BCUT2D eigenvalue weighted by atomic mass is 79.9. The molecule has 0 atom stereocenters. The Morgan fingerprint density at radius 2 is 1.73 bits per heavy atom. The molecule has 6 nitrogen and oxygen atoms in total. The fourth-order valence-corrected chi connectivity index (χ4v) is 3.81. The van der Waals surface area contributed by atoms with Crippen molar-refractivity contribution in [2.24, 2.45) is 5.10 Å². The van der Waals surface area contributed by atoms with Crippen molar-refractivity contribution in [1.82, 2.24) is 5.43 Å². The predicted octanol–water partition coefficient (Wildman–Crippen LogP) is 5.62. The van der Waals surface area contributed by atoms with E-state index < -0.39 is 0 Å². The summed E-state index contributed by atoms with van der Waals surface area (Å²) in [4.78, 5) is 12.4. The van der Waals surface area contributed by atoms with E-state index in [-0.39, 0.29) is 11.7 Å². The van der Waals surface area contributed by atoms with Crippen molar-refractivity contribution in [1.29, 1.82) is 0 Å². The van der Waals surface area contributed by atoms with Crippen LogP contribution in [-0.2, 0) is 11.3 Å². The third kappa shape index (κ3) is 5.91. The zero-order valence-electron chi connectivity index (χ0n) is 15.9. The first-order valence-electron chi connectivity index (χ1n) is 8.83. The summed E-state index contributed by atoms with van der Waals surface area (Å²) in [7, 11) is 1.64. The number of nitrogens with zero attached hydrogens (tertiary/aromatic N) is 1. The van der Waals surface area contributed by atoms with E-state index in [2.05, 4.69) is 42.4 Å². The molecule has 3 rings (SSSR count). The van der Waals surface area contributed by atoms with Crippen LogP contribution >= 0.6 is 31.9 Å². The van der Waals surface area contributed by atoms with Crippen LogP contribution < -0.4 is 10.2 Å². The van der Waals surface area contributed by atoms with Gasteiger partial charge in [-0.25, -0.2) is 5.43 Å². The van der Waals surface area contributed by atoms with Crippen molar-refractivity contribution in [2.45, 2.75) is 6.61 Å². The second kappa shape index (κ2) is 10.4. The molecule has 0 aliphatic rings. The fraction of sp³-hybridized carbons (Fsp3) is 0.0909. The fourth-order valence-electron chi connectivity index (χ4n) is 2.59. The SMILES string of the molecule is COCc1cccc(Oc2cccc(C(=O)NN=Cc3cc(Br)c(O)c(Br)c3)c2)c1. The first-order chi connectivity index (χ1) is 14.5. The molecule has 0 aliphatic carbocycles. The molecule has 1 amide bonds. The number of rotatable bonds is 7. The van der Waals surface area contributed by atoms with Gasteiger partial charge in [0.2, 0.25) is 0 Å². The Balaban J connectivity index is 1.66. The molecule has 0 heterocycles. The average Bonchev–Trinajstić information content (AvgIpc) is 2.72. The maximum Gasteiger partial charge on any atom is 0.271 e. The second-order valence-electron chi connectivity index (χ2n) is 6.24. The van der Waals surface area contributed by atoms with E-state index in [0.717, 1.165) is 5.56 Å². The lowest BCUT2D eigenvalue weighted by Crippen LogP contribution is -2.17. The van der Waals surface area contributed by atoms with Crippen molar-refractivity contribution in [2.75, 3.05) is 7.11 Å². The Bertz CT molecular complexity index is 1060. The molecule has 0 saturated heterocycles. The summed E-state index contributed by atoms with van der Waals surface area (Å²) in [5, 5.41) is 13.7. The van der Waals surface area contributed by atoms with Gasteiger partial charge in [0, 0.05) is 12.7 Å². The minimum absolute atomic E-state index is 0.0979. The maximum atomic E-state index is 12.4. The van der Waals surface area contributed by atoms with Crippen LogP contribution in [0.25, 0.3) is 0 Å². The standard InChI is InChI=1S/C22H18Br2N2O4/c1-29-13-14-4-2-6-17(8-14)30-18-7-3-5-16(11-18)22(28)26-25-12-15-9-19(23)21(27)20(24)10-15/h2-12,27H,13H2,1H3,(H,26,28). The van der Waals surface area contributed by atoms with Crippen LogP contribution in [0.5, 0.6) is 17.2 Å². The van der Waals surface area contributed by atoms with Gasteiger partial charge < -0.3 is 14.6 Å². The lowest BCUT2D eigenvalue weighted by Gasteiger charge is -2.09. The van der Waals surface area contributed by atoms with Crippen LogP contribution in [-0.4, -0.2) is 24.3 Å². The van der Waals surface area contributed by atoms with Gasteiger partial charge in [-0.15, -0.1) is 0 Å². The first-order valence-corrected chi connectivity index (χ1v) is 10.4. The van der Waals surface area contributed by atoms with Gasteiger partial charge in [-0.2, -0.15) is 5.10 Å². The number of nitrogens with one attached hydrogen (secondary N) is 1. The number of carbonyl (C=O) groups is 1. The van der Waals surface area contributed by atoms with E-state index >= 15 is 0 Å². The van der Waals surface area contributed by atoms with Gasteiger partial charge in [0.1, 0.15) is 17.2 Å². The Kier molecular flexibility index (Phi) is 7.62. The number of hydrogen-bond donors (Lipinski definition) is 2. The van der Waals surface area contributed by atoms with Crippen molar-refractivity contribution < 1.29 is 19.4 Å². The number of ether oxygens (including phenoxy) is 2. The number of hydrazone groups is 1. The van der Waals surface area contributed by atoms with E-state index in [1.807, 2.05) is 24.3 Å². The number of carbonyl (C=O) groups excluding carboxylic acids is 1. The van der Waals surface area contributed by atoms with Crippen LogP contribution in [0.2, 0.25) is 0 Å². The Morgan fingerprint density at radius 1 is 1.07 bits per heavy atom. The molecule has 0 saturated carbocycles. The van der Waals surface area contributed by atoms with Crippen molar-refractivity contribution in [3.05, 3.63) is 86.3 Å². The number of aromatic hydroxyl groups is 1. The number of hydrogen-bond acceptors (Lipinski definition) is 5. The summed E-state index contributed by atoms with van der Waals surface area (Å²) in [6, 6.07) is 17.7. The first kappa shape index (κ1) is 22.0.